The number of methoxy groups -OCH3 is 1. The molecule has 1 heterocycles. The van der Waals surface area contributed by atoms with E-state index in [1.54, 1.807) is 18.2 Å². The molecule has 1 aromatic heterocycles. The number of aliphatic hydroxyl groups excluding tert-OH is 1. The summed E-state index contributed by atoms with van der Waals surface area (Å²) < 4.78 is 4.89. The molecule has 0 saturated heterocycles. The molecule has 1 rings (SSSR count). The van der Waals surface area contributed by atoms with Gasteiger partial charge >= 0.3 is 0 Å². The molecule has 66 valence electrons. The van der Waals surface area contributed by atoms with Crippen molar-refractivity contribution in [3.63, 3.8) is 0 Å². The molecule has 0 aliphatic heterocycles. The monoisotopic (exact) mass is 168 g/mol. The third kappa shape index (κ3) is 1.93. The van der Waals surface area contributed by atoms with Crippen molar-refractivity contribution in [2.24, 2.45) is 5.73 Å². The first-order valence-corrected chi connectivity index (χ1v) is 3.67. The third-order valence-corrected chi connectivity index (χ3v) is 1.52. The Kier molecular flexibility index (Phi) is 3.01. The van der Waals surface area contributed by atoms with E-state index in [1.807, 2.05) is 0 Å². The van der Waals surface area contributed by atoms with Gasteiger partial charge in [0.05, 0.1) is 12.8 Å². The summed E-state index contributed by atoms with van der Waals surface area (Å²) in [4.78, 5) is 4.01. The van der Waals surface area contributed by atoms with Crippen molar-refractivity contribution < 1.29 is 9.84 Å². The third-order valence-electron chi connectivity index (χ3n) is 1.52. The van der Waals surface area contributed by atoms with E-state index in [0.29, 0.717) is 11.6 Å². The van der Waals surface area contributed by atoms with Crippen molar-refractivity contribution in [1.82, 2.24) is 4.98 Å². The van der Waals surface area contributed by atoms with Gasteiger partial charge in [-0.15, -0.1) is 0 Å². The van der Waals surface area contributed by atoms with Gasteiger partial charge in [-0.3, -0.25) is 0 Å². The SMILES string of the molecule is COc1cccc(C(O)CN)n1. The predicted molar refractivity (Wildman–Crippen MR) is 44.8 cm³/mol. The molecule has 1 aromatic rings. The lowest BCUT2D eigenvalue weighted by atomic mass is 10.2. The molecule has 0 amide bonds. The van der Waals surface area contributed by atoms with Crippen LogP contribution in [0.1, 0.15) is 11.8 Å². The molecule has 1 atom stereocenters. The van der Waals surface area contributed by atoms with Crippen LogP contribution in [0.15, 0.2) is 18.2 Å². The van der Waals surface area contributed by atoms with Crippen molar-refractivity contribution in [2.75, 3.05) is 13.7 Å². The molecule has 0 bridgehead atoms. The van der Waals surface area contributed by atoms with Crippen LogP contribution >= 0.6 is 0 Å². The molecule has 0 aliphatic carbocycles. The number of nitrogens with zero attached hydrogens (tertiary/aromatic N) is 1. The Labute approximate surface area is 71.0 Å². The molecule has 0 radical (unpaired) electrons. The smallest absolute Gasteiger partial charge is 0.213 e. The molecular weight excluding hydrogens is 156 g/mol. The van der Waals surface area contributed by atoms with E-state index in [9.17, 15) is 5.11 Å². The fraction of sp³-hybridized carbons (Fsp3) is 0.375. The Morgan fingerprint density at radius 3 is 3.00 bits per heavy atom. The van der Waals surface area contributed by atoms with Gasteiger partial charge in [0, 0.05) is 12.6 Å². The maximum absolute atomic E-state index is 9.31. The largest absolute Gasteiger partial charge is 0.481 e. The van der Waals surface area contributed by atoms with Crippen molar-refractivity contribution in [1.29, 1.82) is 0 Å². The first kappa shape index (κ1) is 8.96. The second-order valence-electron chi connectivity index (χ2n) is 2.36. The Hall–Kier alpha value is -1.13. The second-order valence-corrected chi connectivity index (χ2v) is 2.36. The maximum atomic E-state index is 9.31. The summed E-state index contributed by atoms with van der Waals surface area (Å²) in [6, 6.07) is 5.19. The fourth-order valence-corrected chi connectivity index (χ4v) is 0.851. The van der Waals surface area contributed by atoms with Crippen LogP contribution in [0.4, 0.5) is 0 Å². The van der Waals surface area contributed by atoms with Gasteiger partial charge in [0.15, 0.2) is 0 Å². The minimum Gasteiger partial charge on any atom is -0.481 e. The van der Waals surface area contributed by atoms with Gasteiger partial charge in [-0.05, 0) is 6.07 Å². The summed E-state index contributed by atoms with van der Waals surface area (Å²) in [6.07, 6.45) is -0.708. The normalized spacial score (nSPS) is 12.6. The van der Waals surface area contributed by atoms with E-state index in [4.69, 9.17) is 10.5 Å². The maximum Gasteiger partial charge on any atom is 0.213 e. The van der Waals surface area contributed by atoms with Gasteiger partial charge in [0.1, 0.15) is 6.10 Å². The molecule has 3 N–H and O–H groups in total. The van der Waals surface area contributed by atoms with Gasteiger partial charge < -0.3 is 15.6 Å². The van der Waals surface area contributed by atoms with Crippen LogP contribution in [0.25, 0.3) is 0 Å². The van der Waals surface area contributed by atoms with Crippen LogP contribution in [0, 0.1) is 0 Å². The summed E-state index contributed by atoms with van der Waals surface area (Å²) in [6.45, 7) is 0.167. The minimum atomic E-state index is -0.708. The lowest BCUT2D eigenvalue weighted by Gasteiger charge is -2.07. The highest BCUT2D eigenvalue weighted by Gasteiger charge is 2.06. The molecule has 4 nitrogen and oxygen atoms in total. The highest BCUT2D eigenvalue weighted by molar-refractivity contribution is 5.17. The Bertz CT molecular complexity index is 253. The summed E-state index contributed by atoms with van der Waals surface area (Å²) in [5.74, 6) is 0.486. The lowest BCUT2D eigenvalue weighted by molar-refractivity contribution is 0.180. The first-order chi connectivity index (χ1) is 5.77. The number of hydrogen-bond acceptors (Lipinski definition) is 4. The number of rotatable bonds is 3. The summed E-state index contributed by atoms with van der Waals surface area (Å²) in [5, 5.41) is 9.31. The molecule has 0 spiro atoms. The molecule has 4 heteroatoms. The highest BCUT2D eigenvalue weighted by atomic mass is 16.5. The quantitative estimate of drug-likeness (QED) is 0.670. The van der Waals surface area contributed by atoms with Crippen LogP contribution in [-0.2, 0) is 0 Å². The van der Waals surface area contributed by atoms with Crippen LogP contribution in [0.3, 0.4) is 0 Å². The number of nitrogens with two attached hydrogens (primary N) is 1. The molecule has 0 aliphatic rings. The van der Waals surface area contributed by atoms with Crippen molar-refractivity contribution in [2.45, 2.75) is 6.10 Å². The van der Waals surface area contributed by atoms with E-state index in [2.05, 4.69) is 4.98 Å². The Balaban J connectivity index is 2.86. The predicted octanol–water partition coefficient (Wildman–Crippen LogP) is 0.0823. The zero-order valence-electron chi connectivity index (χ0n) is 6.90. The summed E-state index contributed by atoms with van der Waals surface area (Å²) in [7, 11) is 1.53. The summed E-state index contributed by atoms with van der Waals surface area (Å²) in [5.41, 5.74) is 5.80. The fourth-order valence-electron chi connectivity index (χ4n) is 0.851. The first-order valence-electron chi connectivity index (χ1n) is 3.67. The number of ether oxygens (including phenoxy) is 1. The van der Waals surface area contributed by atoms with Crippen molar-refractivity contribution in [3.8, 4) is 5.88 Å². The van der Waals surface area contributed by atoms with E-state index < -0.39 is 6.10 Å². The van der Waals surface area contributed by atoms with E-state index in [0.717, 1.165) is 0 Å². The van der Waals surface area contributed by atoms with E-state index in [1.165, 1.54) is 7.11 Å². The van der Waals surface area contributed by atoms with Crippen LogP contribution in [0.5, 0.6) is 5.88 Å². The zero-order chi connectivity index (χ0) is 8.97. The summed E-state index contributed by atoms with van der Waals surface area (Å²) >= 11 is 0. The highest BCUT2D eigenvalue weighted by Crippen LogP contribution is 2.12. The molecule has 0 fully saturated rings. The molecule has 1 unspecified atom stereocenters. The van der Waals surface area contributed by atoms with Gasteiger partial charge in [-0.2, -0.15) is 0 Å². The standard InChI is InChI=1S/C8H12N2O2/c1-12-8-4-2-3-6(10-8)7(11)5-9/h2-4,7,11H,5,9H2,1H3. The topological polar surface area (TPSA) is 68.4 Å². The van der Waals surface area contributed by atoms with Crippen LogP contribution < -0.4 is 10.5 Å². The molecule has 12 heavy (non-hydrogen) atoms. The van der Waals surface area contributed by atoms with Gasteiger partial charge in [0.25, 0.3) is 0 Å². The van der Waals surface area contributed by atoms with Gasteiger partial charge in [0.2, 0.25) is 5.88 Å². The second kappa shape index (κ2) is 4.04. The average Bonchev–Trinajstić information content (AvgIpc) is 2.17. The molecular formula is C8H12N2O2. The molecule has 0 aromatic carbocycles. The van der Waals surface area contributed by atoms with Crippen molar-refractivity contribution >= 4 is 0 Å². The van der Waals surface area contributed by atoms with Crippen molar-refractivity contribution in [3.05, 3.63) is 23.9 Å². The number of hydrogen-bond donors (Lipinski definition) is 2. The number of pyridine rings is 1. The number of aromatic nitrogens is 1. The van der Waals surface area contributed by atoms with Gasteiger partial charge in [-0.25, -0.2) is 4.98 Å². The minimum absolute atomic E-state index is 0.167. The zero-order valence-corrected chi connectivity index (χ0v) is 6.90. The van der Waals surface area contributed by atoms with Gasteiger partial charge in [-0.1, -0.05) is 6.07 Å². The van der Waals surface area contributed by atoms with Crippen LogP contribution in [0.2, 0.25) is 0 Å². The van der Waals surface area contributed by atoms with Crippen LogP contribution in [-0.4, -0.2) is 23.7 Å². The van der Waals surface area contributed by atoms with E-state index in [-0.39, 0.29) is 6.54 Å². The molecule has 0 saturated carbocycles. The average molecular weight is 168 g/mol. The lowest BCUT2D eigenvalue weighted by Crippen LogP contribution is -2.12. The Morgan fingerprint density at radius 1 is 1.67 bits per heavy atom. The number of aliphatic hydroxyl groups is 1. The Morgan fingerprint density at radius 2 is 2.42 bits per heavy atom. The van der Waals surface area contributed by atoms with E-state index >= 15 is 0 Å².